The Hall–Kier alpha value is -3.96. The minimum absolute atomic E-state index is 0.0236. The predicted octanol–water partition coefficient (Wildman–Crippen LogP) is 6.29. The molecule has 0 atom stereocenters. The molecule has 0 aliphatic carbocycles. The number of thioether (sulfide) groups is 4. The van der Waals surface area contributed by atoms with Gasteiger partial charge >= 0.3 is 0 Å². The Labute approximate surface area is 276 Å². The molecule has 3 aliphatic rings. The van der Waals surface area contributed by atoms with Crippen LogP contribution in [0.25, 0.3) is 0 Å². The van der Waals surface area contributed by atoms with E-state index in [2.05, 4.69) is 0 Å². The molecule has 0 aromatic heterocycles. The summed E-state index contributed by atoms with van der Waals surface area (Å²) >= 11 is 4.22. The van der Waals surface area contributed by atoms with Crippen LogP contribution in [-0.2, 0) is 27.5 Å². The molecule has 45 heavy (non-hydrogen) atoms. The van der Waals surface area contributed by atoms with Crippen LogP contribution >= 0.6 is 47.0 Å². The summed E-state index contributed by atoms with van der Waals surface area (Å²) in [6, 6.07) is 20.8. The standard InChI is InChI=1S/C32H26N4O5S4/c1-3-34(4-2)28(39)20(15-33)31-42-24-22(37)26-27(23(38)25(24)43-31)45-32(44-26)21-29(40)35(16-18-11-7-5-8-12-18)36(30(21)41)17-19-13-9-6-10-14-19/h5-14,37-38H,3-4,16-17H2,1-2H3. The van der Waals surface area contributed by atoms with Gasteiger partial charge in [-0.3, -0.25) is 14.4 Å². The molecule has 0 saturated carbocycles. The van der Waals surface area contributed by atoms with Crippen LogP contribution in [-0.4, -0.2) is 55.9 Å². The number of fused-ring (bicyclic) bond motifs is 2. The topological polar surface area (TPSA) is 125 Å². The summed E-state index contributed by atoms with van der Waals surface area (Å²) in [6.45, 7) is 4.92. The van der Waals surface area contributed by atoms with E-state index in [0.717, 1.165) is 58.2 Å². The number of nitrogens with zero attached hydrogens (tertiary/aromatic N) is 4. The first-order valence-corrected chi connectivity index (χ1v) is 17.3. The third kappa shape index (κ3) is 5.56. The second kappa shape index (κ2) is 12.8. The summed E-state index contributed by atoms with van der Waals surface area (Å²) in [5.41, 5.74) is 1.65. The summed E-state index contributed by atoms with van der Waals surface area (Å²) in [5, 5.41) is 35.4. The summed E-state index contributed by atoms with van der Waals surface area (Å²) in [7, 11) is 0. The number of benzene rings is 3. The fraction of sp³-hybridized carbons (Fsp3) is 0.188. The van der Waals surface area contributed by atoms with Gasteiger partial charge in [0.25, 0.3) is 17.7 Å². The van der Waals surface area contributed by atoms with Crippen molar-refractivity contribution in [3.63, 3.8) is 0 Å². The Bertz CT molecular complexity index is 1730. The maximum atomic E-state index is 13.9. The molecule has 1 saturated heterocycles. The Morgan fingerprint density at radius 1 is 0.756 bits per heavy atom. The van der Waals surface area contributed by atoms with Gasteiger partial charge in [-0.2, -0.15) is 5.26 Å². The van der Waals surface area contributed by atoms with Crippen molar-refractivity contribution >= 4 is 64.8 Å². The number of rotatable bonds is 7. The molecule has 9 nitrogen and oxygen atoms in total. The number of aromatic hydroxyl groups is 2. The number of hydrogen-bond acceptors (Lipinski definition) is 10. The summed E-state index contributed by atoms with van der Waals surface area (Å²) in [6.07, 6.45) is 0. The molecule has 6 rings (SSSR count). The van der Waals surface area contributed by atoms with Gasteiger partial charge in [-0.15, -0.1) is 0 Å². The fourth-order valence-electron chi connectivity index (χ4n) is 5.05. The number of hydrogen-bond donors (Lipinski definition) is 2. The van der Waals surface area contributed by atoms with E-state index in [1.807, 2.05) is 80.6 Å². The minimum Gasteiger partial charge on any atom is -0.505 e. The van der Waals surface area contributed by atoms with Crippen molar-refractivity contribution in [3.05, 3.63) is 91.4 Å². The zero-order chi connectivity index (χ0) is 31.8. The number of carbonyl (C=O) groups excluding carboxylic acids is 3. The number of phenolic OH excluding ortho intramolecular Hbond substituents is 2. The quantitative estimate of drug-likeness (QED) is 0.128. The van der Waals surface area contributed by atoms with Gasteiger partial charge in [-0.05, 0) is 25.0 Å². The molecule has 0 bridgehead atoms. The molecular weight excluding hydrogens is 649 g/mol. The molecule has 0 unspecified atom stereocenters. The van der Waals surface area contributed by atoms with Gasteiger partial charge in [-0.1, -0.05) is 108 Å². The van der Waals surface area contributed by atoms with Gasteiger partial charge in [0.1, 0.15) is 28.7 Å². The third-order valence-corrected chi connectivity index (χ3v) is 12.6. The molecule has 3 aliphatic heterocycles. The number of likely N-dealkylation sites (N-methyl/N-ethyl adjacent to an activating group) is 1. The van der Waals surface area contributed by atoms with Crippen molar-refractivity contribution in [2.24, 2.45) is 0 Å². The Kier molecular flexibility index (Phi) is 8.83. The van der Waals surface area contributed by atoms with Crippen LogP contribution in [0.3, 0.4) is 0 Å². The highest BCUT2D eigenvalue weighted by Crippen LogP contribution is 2.68. The molecule has 1 fully saturated rings. The minimum atomic E-state index is -0.461. The van der Waals surface area contributed by atoms with Gasteiger partial charge in [0.15, 0.2) is 0 Å². The SMILES string of the molecule is CCN(CC)C(=O)C(C#N)=C1Sc2c(O)c3c(c(O)c2S1)SC(=C1C(=O)N(Cc2ccccc2)N(Cc2ccccc2)C1=O)S3. The number of carbonyl (C=O) groups is 3. The van der Waals surface area contributed by atoms with Crippen molar-refractivity contribution in [1.82, 2.24) is 14.9 Å². The first-order valence-electron chi connectivity index (χ1n) is 14.0. The largest absolute Gasteiger partial charge is 0.505 e. The summed E-state index contributed by atoms with van der Waals surface area (Å²) < 4.78 is 0.740. The van der Waals surface area contributed by atoms with E-state index >= 15 is 0 Å². The Balaban J connectivity index is 1.35. The van der Waals surface area contributed by atoms with Gasteiger partial charge in [0.05, 0.1) is 41.1 Å². The van der Waals surface area contributed by atoms with Crippen molar-refractivity contribution in [3.8, 4) is 17.6 Å². The van der Waals surface area contributed by atoms with E-state index < -0.39 is 17.7 Å². The van der Waals surface area contributed by atoms with Crippen LogP contribution in [0.1, 0.15) is 25.0 Å². The van der Waals surface area contributed by atoms with Gasteiger partial charge in [-0.25, -0.2) is 10.0 Å². The number of amides is 3. The van der Waals surface area contributed by atoms with Crippen LogP contribution in [0, 0.1) is 11.3 Å². The predicted molar refractivity (Wildman–Crippen MR) is 175 cm³/mol. The van der Waals surface area contributed by atoms with Crippen LogP contribution in [0.5, 0.6) is 11.5 Å². The Morgan fingerprint density at radius 2 is 1.18 bits per heavy atom. The molecule has 0 radical (unpaired) electrons. The van der Waals surface area contributed by atoms with Crippen molar-refractivity contribution in [2.45, 2.75) is 46.5 Å². The molecule has 3 amide bonds. The van der Waals surface area contributed by atoms with Gasteiger partial charge in [0, 0.05) is 13.1 Å². The number of phenols is 2. The second-order valence-corrected chi connectivity index (χ2v) is 14.6. The maximum Gasteiger partial charge on any atom is 0.280 e. The van der Waals surface area contributed by atoms with E-state index in [9.17, 15) is 29.9 Å². The maximum absolute atomic E-state index is 13.9. The van der Waals surface area contributed by atoms with Crippen molar-refractivity contribution in [1.29, 1.82) is 5.26 Å². The van der Waals surface area contributed by atoms with Crippen LogP contribution in [0.4, 0.5) is 0 Å². The number of nitriles is 1. The lowest BCUT2D eigenvalue weighted by Crippen LogP contribution is -2.39. The monoisotopic (exact) mass is 674 g/mol. The van der Waals surface area contributed by atoms with Gasteiger partial charge < -0.3 is 15.1 Å². The summed E-state index contributed by atoms with van der Waals surface area (Å²) in [4.78, 5) is 43.7. The second-order valence-electron chi connectivity index (χ2n) is 10.0. The normalized spacial score (nSPS) is 15.4. The van der Waals surface area contributed by atoms with Crippen LogP contribution in [0.15, 0.2) is 99.9 Å². The molecular formula is C32H26N4O5S4. The summed E-state index contributed by atoms with van der Waals surface area (Å²) in [5.74, 6) is -1.60. The van der Waals surface area contributed by atoms with Crippen molar-refractivity contribution < 1.29 is 24.6 Å². The van der Waals surface area contributed by atoms with E-state index in [1.54, 1.807) is 0 Å². The molecule has 2 N–H and O–H groups in total. The van der Waals surface area contributed by atoms with Gasteiger partial charge in [0.2, 0.25) is 0 Å². The highest BCUT2D eigenvalue weighted by molar-refractivity contribution is 8.26. The Morgan fingerprint density at radius 3 is 1.58 bits per heavy atom. The van der Waals surface area contributed by atoms with E-state index in [1.165, 1.54) is 14.9 Å². The zero-order valence-corrected chi connectivity index (χ0v) is 27.4. The average molecular weight is 675 g/mol. The van der Waals surface area contributed by atoms with Crippen LogP contribution in [0.2, 0.25) is 0 Å². The molecule has 3 aromatic carbocycles. The lowest BCUT2D eigenvalue weighted by atomic mass is 10.2. The molecule has 228 valence electrons. The first-order chi connectivity index (χ1) is 21.8. The molecule has 13 heteroatoms. The number of hydrazine groups is 1. The highest BCUT2D eigenvalue weighted by Gasteiger charge is 2.46. The smallest absolute Gasteiger partial charge is 0.280 e. The van der Waals surface area contributed by atoms with Crippen molar-refractivity contribution in [2.75, 3.05) is 13.1 Å². The highest BCUT2D eigenvalue weighted by atomic mass is 32.2. The molecule has 0 spiro atoms. The van der Waals surface area contributed by atoms with Crippen LogP contribution < -0.4 is 0 Å². The zero-order valence-electron chi connectivity index (χ0n) is 24.1. The first kappa shape index (κ1) is 31.0. The fourth-order valence-corrected chi connectivity index (χ4v) is 10.3. The van der Waals surface area contributed by atoms with E-state index in [0.29, 0.717) is 41.1 Å². The lowest BCUT2D eigenvalue weighted by Gasteiger charge is -2.27. The lowest BCUT2D eigenvalue weighted by molar-refractivity contribution is -0.149. The average Bonchev–Trinajstić information content (AvgIpc) is 3.75. The van der Waals surface area contributed by atoms with E-state index in [4.69, 9.17) is 0 Å². The van der Waals surface area contributed by atoms with E-state index in [-0.39, 0.29) is 35.7 Å². The molecule has 3 aromatic rings. The third-order valence-electron chi connectivity index (χ3n) is 7.37. The molecule has 3 heterocycles.